The number of hydrogen-bond acceptors (Lipinski definition) is 4. The number of piperidine rings is 2. The molecule has 0 aliphatic carbocycles. The predicted molar refractivity (Wildman–Crippen MR) is 88.9 cm³/mol. The fraction of sp³-hybridized carbons (Fsp3) is 0.875. The van der Waals surface area contributed by atoms with Crippen LogP contribution in [0.2, 0.25) is 0 Å². The van der Waals surface area contributed by atoms with Gasteiger partial charge in [-0.25, -0.2) is 0 Å². The molecule has 2 saturated heterocycles. The van der Waals surface area contributed by atoms with E-state index in [1.165, 1.54) is 18.2 Å². The number of nitrogens with zero attached hydrogens (tertiary/aromatic N) is 2. The molecule has 6 heteroatoms. The number of amides is 2. The molecule has 2 unspecified atom stereocenters. The van der Waals surface area contributed by atoms with Crippen LogP contribution in [0.1, 0.15) is 32.6 Å². The lowest BCUT2D eigenvalue weighted by Gasteiger charge is -2.36. The number of carbonyl (C=O) groups is 2. The largest absolute Gasteiger partial charge is 0.379 e. The van der Waals surface area contributed by atoms with Gasteiger partial charge in [0.25, 0.3) is 0 Å². The molecule has 0 aromatic heterocycles. The quantitative estimate of drug-likeness (QED) is 0.769. The van der Waals surface area contributed by atoms with Crippen molar-refractivity contribution in [3.8, 4) is 0 Å². The van der Waals surface area contributed by atoms with E-state index in [2.05, 4.69) is 6.92 Å². The summed E-state index contributed by atoms with van der Waals surface area (Å²) < 4.78 is 5.44. The van der Waals surface area contributed by atoms with E-state index in [0.717, 1.165) is 38.9 Å². The number of likely N-dealkylation sites (tertiary alicyclic amines) is 2. The highest BCUT2D eigenvalue weighted by Crippen LogP contribution is 2.20. The lowest BCUT2D eigenvalue weighted by molar-refractivity contribution is -0.133. The average molecular weight is 328 g/mol. The first kappa shape index (κ1) is 17.6. The summed E-state index contributed by atoms with van der Waals surface area (Å²) >= 11 is 1.44. The molecule has 0 aromatic rings. The summed E-state index contributed by atoms with van der Waals surface area (Å²) in [7, 11) is 1.71. The molecular formula is C16H28N2O3S. The molecular weight excluding hydrogens is 300 g/mol. The summed E-state index contributed by atoms with van der Waals surface area (Å²) in [6.07, 6.45) is 4.57. The number of ether oxygens (including phenoxy) is 1. The number of hydrogen-bond donors (Lipinski definition) is 0. The molecule has 2 rings (SSSR count). The summed E-state index contributed by atoms with van der Waals surface area (Å²) in [5, 5.41) is 0. The van der Waals surface area contributed by atoms with Crippen molar-refractivity contribution in [3.63, 3.8) is 0 Å². The zero-order valence-electron chi connectivity index (χ0n) is 13.8. The maximum Gasteiger partial charge on any atom is 0.232 e. The van der Waals surface area contributed by atoms with Crippen LogP contribution in [0.25, 0.3) is 0 Å². The van der Waals surface area contributed by atoms with Crippen molar-refractivity contribution in [1.82, 2.24) is 9.80 Å². The maximum absolute atomic E-state index is 12.2. The Bertz CT molecular complexity index is 386. The normalized spacial score (nSPS) is 26.1. The van der Waals surface area contributed by atoms with Gasteiger partial charge in [0.05, 0.1) is 17.6 Å². The number of carbonyl (C=O) groups excluding carboxylic acids is 2. The van der Waals surface area contributed by atoms with Crippen LogP contribution < -0.4 is 0 Å². The number of rotatable bonds is 5. The zero-order valence-corrected chi connectivity index (χ0v) is 14.6. The Labute approximate surface area is 137 Å². The Morgan fingerprint density at radius 3 is 2.32 bits per heavy atom. The van der Waals surface area contributed by atoms with E-state index in [0.29, 0.717) is 24.0 Å². The Morgan fingerprint density at radius 1 is 1.05 bits per heavy atom. The van der Waals surface area contributed by atoms with E-state index in [4.69, 9.17) is 4.74 Å². The molecule has 2 atom stereocenters. The molecule has 0 bridgehead atoms. The van der Waals surface area contributed by atoms with Crippen LogP contribution in [-0.4, -0.2) is 72.5 Å². The Morgan fingerprint density at radius 2 is 1.68 bits per heavy atom. The smallest absolute Gasteiger partial charge is 0.232 e. The van der Waals surface area contributed by atoms with Crippen molar-refractivity contribution in [1.29, 1.82) is 0 Å². The lowest BCUT2D eigenvalue weighted by atomic mass is 9.96. The van der Waals surface area contributed by atoms with Gasteiger partial charge in [-0.15, -0.1) is 11.8 Å². The van der Waals surface area contributed by atoms with E-state index in [1.54, 1.807) is 7.11 Å². The third-order valence-electron chi connectivity index (χ3n) is 4.70. The second-order valence-corrected chi connectivity index (χ2v) is 7.30. The van der Waals surface area contributed by atoms with Crippen molar-refractivity contribution in [2.24, 2.45) is 5.92 Å². The van der Waals surface area contributed by atoms with Crippen molar-refractivity contribution in [2.45, 2.75) is 38.7 Å². The molecule has 22 heavy (non-hydrogen) atoms. The van der Waals surface area contributed by atoms with Gasteiger partial charge in [-0.05, 0) is 31.6 Å². The molecule has 0 N–H and O–H groups in total. The van der Waals surface area contributed by atoms with E-state index < -0.39 is 0 Å². The van der Waals surface area contributed by atoms with E-state index in [-0.39, 0.29) is 17.9 Å². The molecule has 2 fully saturated rings. The summed E-state index contributed by atoms with van der Waals surface area (Å²) in [5.41, 5.74) is 0. The van der Waals surface area contributed by atoms with Crippen LogP contribution in [0.5, 0.6) is 0 Å². The highest BCUT2D eigenvalue weighted by molar-refractivity contribution is 8.00. The van der Waals surface area contributed by atoms with Crippen LogP contribution in [0.3, 0.4) is 0 Å². The van der Waals surface area contributed by atoms with E-state index >= 15 is 0 Å². The topological polar surface area (TPSA) is 49.9 Å². The monoisotopic (exact) mass is 328 g/mol. The minimum Gasteiger partial charge on any atom is -0.379 e. The predicted octanol–water partition coefficient (Wildman–Crippen LogP) is 1.62. The van der Waals surface area contributed by atoms with Crippen molar-refractivity contribution in [2.75, 3.05) is 44.8 Å². The first-order valence-corrected chi connectivity index (χ1v) is 9.43. The highest BCUT2D eigenvalue weighted by atomic mass is 32.2. The van der Waals surface area contributed by atoms with Crippen LogP contribution in [0, 0.1) is 5.92 Å². The van der Waals surface area contributed by atoms with Gasteiger partial charge in [0.1, 0.15) is 0 Å². The van der Waals surface area contributed by atoms with E-state index in [1.807, 2.05) is 9.80 Å². The van der Waals surface area contributed by atoms with Crippen LogP contribution >= 0.6 is 11.8 Å². The van der Waals surface area contributed by atoms with Gasteiger partial charge in [-0.1, -0.05) is 6.92 Å². The molecule has 0 radical (unpaired) electrons. The molecule has 2 amide bonds. The molecule has 2 aliphatic heterocycles. The maximum atomic E-state index is 12.2. The van der Waals surface area contributed by atoms with Gasteiger partial charge in [0, 0.05) is 33.3 Å². The van der Waals surface area contributed by atoms with Crippen LogP contribution in [0.4, 0.5) is 0 Å². The van der Waals surface area contributed by atoms with Crippen LogP contribution in [-0.2, 0) is 14.3 Å². The third kappa shape index (κ3) is 4.88. The van der Waals surface area contributed by atoms with Gasteiger partial charge in [-0.2, -0.15) is 0 Å². The zero-order chi connectivity index (χ0) is 15.9. The van der Waals surface area contributed by atoms with Crippen molar-refractivity contribution < 1.29 is 14.3 Å². The van der Waals surface area contributed by atoms with Crippen molar-refractivity contribution >= 4 is 23.6 Å². The van der Waals surface area contributed by atoms with Crippen LogP contribution in [0.15, 0.2) is 0 Å². The minimum absolute atomic E-state index is 0.130. The molecule has 0 spiro atoms. The highest BCUT2D eigenvalue weighted by Gasteiger charge is 2.28. The second-order valence-electron chi connectivity index (χ2n) is 6.31. The molecule has 2 heterocycles. The second kappa shape index (κ2) is 8.77. The fourth-order valence-corrected chi connectivity index (χ4v) is 3.94. The first-order chi connectivity index (χ1) is 10.6. The standard InChI is InChI=1S/C16H28N2O3S/c1-13-6-9-18(10-14(13)21-2)16(20)12-22-11-15(19)17-7-4-3-5-8-17/h13-14H,3-12H2,1-2H3. The summed E-state index contributed by atoms with van der Waals surface area (Å²) in [6, 6.07) is 0. The van der Waals surface area contributed by atoms with Gasteiger partial charge >= 0.3 is 0 Å². The SMILES string of the molecule is COC1CN(C(=O)CSCC(=O)N2CCCCC2)CCC1C. The molecule has 0 aromatic carbocycles. The molecule has 126 valence electrons. The molecule has 2 aliphatic rings. The summed E-state index contributed by atoms with van der Waals surface area (Å²) in [6.45, 7) is 5.42. The fourth-order valence-electron chi connectivity index (χ4n) is 3.12. The average Bonchev–Trinajstić information content (AvgIpc) is 2.55. The van der Waals surface area contributed by atoms with Crippen molar-refractivity contribution in [3.05, 3.63) is 0 Å². The third-order valence-corrected chi connectivity index (χ3v) is 5.61. The Kier molecular flexibility index (Phi) is 7.02. The van der Waals surface area contributed by atoms with Gasteiger partial charge in [0.15, 0.2) is 0 Å². The molecule has 0 saturated carbocycles. The summed E-state index contributed by atoms with van der Waals surface area (Å²) in [5.74, 6) is 1.63. The van der Waals surface area contributed by atoms with Gasteiger partial charge < -0.3 is 14.5 Å². The Balaban J connectivity index is 1.68. The summed E-state index contributed by atoms with van der Waals surface area (Å²) in [4.78, 5) is 28.1. The van der Waals surface area contributed by atoms with Gasteiger partial charge in [-0.3, -0.25) is 9.59 Å². The number of methoxy groups -OCH3 is 1. The minimum atomic E-state index is 0.130. The number of thioether (sulfide) groups is 1. The Hall–Kier alpha value is -0.750. The molecule has 5 nitrogen and oxygen atoms in total. The lowest BCUT2D eigenvalue weighted by Crippen LogP contribution is -2.47. The van der Waals surface area contributed by atoms with E-state index in [9.17, 15) is 9.59 Å². The first-order valence-electron chi connectivity index (χ1n) is 8.28. The van der Waals surface area contributed by atoms with Gasteiger partial charge in [0.2, 0.25) is 11.8 Å².